The zero-order valence-corrected chi connectivity index (χ0v) is 21.8. The van der Waals surface area contributed by atoms with Gasteiger partial charge >= 0.3 is 5.97 Å². The van der Waals surface area contributed by atoms with Crippen LogP contribution in [0.1, 0.15) is 37.9 Å². The summed E-state index contributed by atoms with van der Waals surface area (Å²) in [6.07, 6.45) is 1.52. The molecular weight excluding hydrogens is 500 g/mol. The molecule has 1 atom stereocenters. The lowest BCUT2D eigenvalue weighted by Gasteiger charge is -2.34. The molecule has 0 saturated carbocycles. The number of phenols is 1. The Morgan fingerprint density at radius 1 is 1.14 bits per heavy atom. The van der Waals surface area contributed by atoms with Crippen LogP contribution in [0, 0.1) is 0 Å². The maximum Gasteiger partial charge on any atom is 0.315 e. The highest BCUT2D eigenvalue weighted by Gasteiger charge is 2.21. The van der Waals surface area contributed by atoms with Crippen molar-refractivity contribution in [2.45, 2.75) is 38.3 Å². The second kappa shape index (κ2) is 12.7. The monoisotopic (exact) mass is 534 g/mol. The average Bonchev–Trinajstić information content (AvgIpc) is 2.84. The minimum Gasteiger partial charge on any atom is -0.506 e. The van der Waals surface area contributed by atoms with E-state index < -0.39 is 28.0 Å². The first kappa shape index (κ1) is 28.2. The zero-order chi connectivity index (χ0) is 27.0. The third kappa shape index (κ3) is 8.92. The molecule has 11 nitrogen and oxygen atoms in total. The topological polar surface area (TPSA) is 157 Å². The number of aliphatic hydroxyl groups excluding tert-OH is 1. The van der Waals surface area contributed by atoms with E-state index in [1.807, 2.05) is 12.1 Å². The predicted molar refractivity (Wildman–Crippen MR) is 141 cm³/mol. The number of aliphatic hydroxyl groups is 1. The van der Waals surface area contributed by atoms with E-state index in [1.54, 1.807) is 25.1 Å². The molecule has 3 rings (SSSR count). The smallest absolute Gasteiger partial charge is 0.315 e. The fourth-order valence-corrected chi connectivity index (χ4v) is 4.65. The van der Waals surface area contributed by atoms with Crippen molar-refractivity contribution in [3.63, 3.8) is 0 Å². The molecule has 12 heteroatoms. The molecule has 1 fully saturated rings. The molecule has 1 heterocycles. The first-order valence-electron chi connectivity index (χ1n) is 12.1. The van der Waals surface area contributed by atoms with Gasteiger partial charge in [-0.15, -0.1) is 0 Å². The number of benzene rings is 2. The molecule has 0 unspecified atom stereocenters. The van der Waals surface area contributed by atoms with Crippen LogP contribution in [0.25, 0.3) is 0 Å². The van der Waals surface area contributed by atoms with E-state index in [0.29, 0.717) is 11.3 Å². The minimum absolute atomic E-state index is 0.0249. The van der Waals surface area contributed by atoms with Gasteiger partial charge in [-0.3, -0.25) is 14.3 Å². The van der Waals surface area contributed by atoms with Gasteiger partial charge < -0.3 is 30.5 Å². The number of carbonyl (C=O) groups is 2. The first-order valence-corrected chi connectivity index (χ1v) is 14.0. The van der Waals surface area contributed by atoms with Crippen LogP contribution >= 0.6 is 0 Å². The second-order valence-electron chi connectivity index (χ2n) is 8.91. The summed E-state index contributed by atoms with van der Waals surface area (Å²) in [5.74, 6) is -1.19. The summed E-state index contributed by atoms with van der Waals surface area (Å²) < 4.78 is 30.0. The summed E-state index contributed by atoms with van der Waals surface area (Å²) >= 11 is 0. The number of rotatable bonds is 11. The normalized spacial score (nSPS) is 15.2. The molecule has 1 amide bonds. The number of nitrogens with zero attached hydrogens (tertiary/aromatic N) is 1. The summed E-state index contributed by atoms with van der Waals surface area (Å²) in [5.41, 5.74) is 2.14. The Morgan fingerprint density at radius 3 is 2.43 bits per heavy atom. The van der Waals surface area contributed by atoms with Crippen molar-refractivity contribution < 1.29 is 33.0 Å². The molecule has 1 aliphatic rings. The zero-order valence-electron chi connectivity index (χ0n) is 20.9. The molecule has 0 radical (unpaired) electrons. The van der Waals surface area contributed by atoms with E-state index in [1.165, 1.54) is 12.1 Å². The lowest BCUT2D eigenvalue weighted by Crippen LogP contribution is -2.43. The number of anilines is 3. The molecule has 0 bridgehead atoms. The fourth-order valence-electron chi connectivity index (χ4n) is 4.08. The molecule has 0 aromatic heterocycles. The van der Waals surface area contributed by atoms with Crippen LogP contribution in [0.4, 0.5) is 17.1 Å². The third-order valence-corrected chi connectivity index (χ3v) is 6.51. The highest BCUT2D eigenvalue weighted by molar-refractivity contribution is 7.92. The van der Waals surface area contributed by atoms with Gasteiger partial charge in [0, 0.05) is 37.1 Å². The van der Waals surface area contributed by atoms with Crippen LogP contribution < -0.4 is 20.3 Å². The van der Waals surface area contributed by atoms with Crippen LogP contribution in [0.2, 0.25) is 0 Å². The fraction of sp³-hybridized carbons (Fsp3) is 0.440. The molecule has 0 spiro atoms. The van der Waals surface area contributed by atoms with Gasteiger partial charge in [-0.1, -0.05) is 6.07 Å². The highest BCUT2D eigenvalue weighted by Crippen LogP contribution is 2.28. The molecule has 2 aromatic rings. The van der Waals surface area contributed by atoms with Gasteiger partial charge in [0.25, 0.3) is 0 Å². The van der Waals surface area contributed by atoms with Crippen LogP contribution in [0.3, 0.4) is 0 Å². The van der Waals surface area contributed by atoms with Crippen molar-refractivity contribution in [3.8, 4) is 5.75 Å². The lowest BCUT2D eigenvalue weighted by molar-refractivity contribution is -0.145. The van der Waals surface area contributed by atoms with Gasteiger partial charge in [0.2, 0.25) is 15.9 Å². The van der Waals surface area contributed by atoms with Gasteiger partial charge in [-0.25, -0.2) is 8.42 Å². The number of aromatic hydroxyl groups is 1. The average molecular weight is 535 g/mol. The Hall–Kier alpha value is -3.35. The predicted octanol–water partition coefficient (Wildman–Crippen LogP) is 1.95. The van der Waals surface area contributed by atoms with Gasteiger partial charge in [0.1, 0.15) is 12.2 Å². The molecule has 37 heavy (non-hydrogen) atoms. The Bertz CT molecular complexity index is 1180. The first-order chi connectivity index (χ1) is 17.5. The molecule has 0 aliphatic carbocycles. The largest absolute Gasteiger partial charge is 0.506 e. The SMILES string of the molecule is CCOC(=O)CC(=O)Nc1ccc(N2CCC(NC[C@@H](O)c3ccc(O)c(NS(C)(=O)=O)c3)CC2)cc1. The molecule has 5 N–H and O–H groups in total. The van der Waals surface area contributed by atoms with Crippen molar-refractivity contribution in [3.05, 3.63) is 48.0 Å². The maximum absolute atomic E-state index is 11.9. The van der Waals surface area contributed by atoms with Crippen LogP contribution in [0.5, 0.6) is 5.75 Å². The Kier molecular flexibility index (Phi) is 9.73. The van der Waals surface area contributed by atoms with Crippen LogP contribution in [-0.4, -0.2) is 69.0 Å². The van der Waals surface area contributed by atoms with Gasteiger partial charge in [-0.2, -0.15) is 0 Å². The summed E-state index contributed by atoms with van der Waals surface area (Å²) in [4.78, 5) is 25.6. The van der Waals surface area contributed by atoms with Crippen LogP contribution in [-0.2, 0) is 24.3 Å². The molecule has 1 saturated heterocycles. The minimum atomic E-state index is -3.56. The van der Waals surface area contributed by atoms with Crippen molar-refractivity contribution in [1.82, 2.24) is 5.32 Å². The third-order valence-electron chi connectivity index (χ3n) is 5.92. The molecule has 1 aliphatic heterocycles. The van der Waals surface area contributed by atoms with E-state index in [0.717, 1.165) is 37.9 Å². The number of carbonyl (C=O) groups excluding carboxylic acids is 2. The summed E-state index contributed by atoms with van der Waals surface area (Å²) in [5, 5.41) is 26.5. The highest BCUT2D eigenvalue weighted by atomic mass is 32.2. The number of hydrogen-bond donors (Lipinski definition) is 5. The standard InChI is InChI=1S/C25H34N4O7S/c1-3-36-25(33)15-24(32)27-19-5-7-20(8-6-19)29-12-10-18(11-13-29)26-16-23(31)17-4-9-22(30)21(14-17)28-37(2,34)35/h4-9,14,18,23,26,28,30-31H,3,10-13,15-16H2,1-2H3,(H,27,32)/t23-/m1/s1. The van der Waals surface area contributed by atoms with E-state index >= 15 is 0 Å². The number of esters is 1. The number of phenolic OH excluding ortho intramolecular Hbond substituents is 1. The van der Waals surface area contributed by atoms with Crippen molar-refractivity contribution >= 4 is 39.0 Å². The number of ether oxygens (including phenoxy) is 1. The number of nitrogens with one attached hydrogen (secondary N) is 3. The summed E-state index contributed by atoms with van der Waals surface area (Å²) in [7, 11) is -3.56. The van der Waals surface area contributed by atoms with E-state index in [4.69, 9.17) is 4.74 Å². The lowest BCUT2D eigenvalue weighted by atomic mass is 10.0. The second-order valence-corrected chi connectivity index (χ2v) is 10.7. The summed E-state index contributed by atoms with van der Waals surface area (Å²) in [6.45, 7) is 3.83. The molecule has 202 valence electrons. The van der Waals surface area contributed by atoms with E-state index in [9.17, 15) is 28.2 Å². The Labute approximate surface area is 216 Å². The number of amides is 1. The Balaban J connectivity index is 1.45. The quantitative estimate of drug-likeness (QED) is 0.165. The maximum atomic E-state index is 11.9. The number of hydrogen-bond acceptors (Lipinski definition) is 9. The van der Waals surface area contributed by atoms with E-state index in [2.05, 4.69) is 20.3 Å². The van der Waals surface area contributed by atoms with Crippen molar-refractivity contribution in [2.24, 2.45) is 0 Å². The number of piperidine rings is 1. The summed E-state index contributed by atoms with van der Waals surface area (Å²) in [6, 6.07) is 12.0. The van der Waals surface area contributed by atoms with E-state index in [-0.39, 0.29) is 37.1 Å². The Morgan fingerprint density at radius 2 is 1.81 bits per heavy atom. The number of sulfonamides is 1. The molecular formula is C25H34N4O7S. The molecule has 2 aromatic carbocycles. The van der Waals surface area contributed by atoms with Gasteiger partial charge in [-0.05, 0) is 61.7 Å². The van der Waals surface area contributed by atoms with Crippen molar-refractivity contribution in [2.75, 3.05) is 47.4 Å². The van der Waals surface area contributed by atoms with Crippen molar-refractivity contribution in [1.29, 1.82) is 0 Å². The van der Waals surface area contributed by atoms with Gasteiger partial charge in [0.05, 0.1) is 24.7 Å². The van der Waals surface area contributed by atoms with Gasteiger partial charge in [0.15, 0.2) is 0 Å². The van der Waals surface area contributed by atoms with Crippen LogP contribution in [0.15, 0.2) is 42.5 Å².